The van der Waals surface area contributed by atoms with Crippen molar-refractivity contribution >= 4 is 11.5 Å². The largest absolute Gasteiger partial charge is 0.478 e. The van der Waals surface area contributed by atoms with Crippen LogP contribution >= 0.6 is 0 Å². The molecular weight excluding hydrogens is 308 g/mol. The minimum Gasteiger partial charge on any atom is -0.478 e. The van der Waals surface area contributed by atoms with Gasteiger partial charge in [-0.3, -0.25) is 0 Å². The van der Waals surface area contributed by atoms with Crippen molar-refractivity contribution in [1.29, 1.82) is 0 Å². The number of allylic oxidation sites excluding steroid dienone is 5. The maximum Gasteiger partial charge on any atom is 0.336 e. The Hall–Kier alpha value is -2.09. The quantitative estimate of drug-likeness (QED) is 0.518. The highest BCUT2D eigenvalue weighted by molar-refractivity contribution is 6.17. The molecule has 0 radical (unpaired) electrons. The summed E-state index contributed by atoms with van der Waals surface area (Å²) in [5, 5.41) is 9.83. The highest BCUT2D eigenvalue weighted by atomic mass is 16.4. The molecule has 2 nitrogen and oxygen atoms in total. The molecule has 1 rings (SSSR count). The van der Waals surface area contributed by atoms with E-state index in [9.17, 15) is 9.90 Å². The molecule has 0 fully saturated rings. The van der Waals surface area contributed by atoms with E-state index >= 15 is 0 Å². The first-order chi connectivity index (χ1) is 11.4. The molecule has 0 unspecified atom stereocenters. The Balaban J connectivity index is 3.71. The zero-order valence-corrected chi connectivity index (χ0v) is 16.9. The predicted octanol–water partition coefficient (Wildman–Crippen LogP) is 6.27. The summed E-state index contributed by atoms with van der Waals surface area (Å²) in [5.74, 6) is -0.895. The molecule has 1 N–H and O–H groups in total. The van der Waals surface area contributed by atoms with Gasteiger partial charge in [0.2, 0.25) is 0 Å². The molecule has 0 amide bonds. The number of hydrogen-bond donors (Lipinski definition) is 1. The summed E-state index contributed by atoms with van der Waals surface area (Å²) in [7, 11) is 0. The van der Waals surface area contributed by atoms with Gasteiger partial charge in [0.15, 0.2) is 0 Å². The third kappa shape index (κ3) is 5.74. The summed E-state index contributed by atoms with van der Waals surface area (Å²) in [6.45, 7) is 16.7. The summed E-state index contributed by atoms with van der Waals surface area (Å²) in [6, 6.07) is 6.24. The number of carbonyl (C=O) groups is 1. The van der Waals surface area contributed by atoms with E-state index in [4.69, 9.17) is 0 Å². The van der Waals surface area contributed by atoms with Gasteiger partial charge in [0, 0.05) is 0 Å². The first-order valence-electron chi connectivity index (χ1n) is 8.78. The van der Waals surface area contributed by atoms with Gasteiger partial charge in [-0.1, -0.05) is 84.0 Å². The van der Waals surface area contributed by atoms with Crippen LogP contribution in [-0.4, -0.2) is 11.1 Å². The van der Waals surface area contributed by atoms with Gasteiger partial charge in [0.05, 0.1) is 5.57 Å². The van der Waals surface area contributed by atoms with Crippen LogP contribution in [0.4, 0.5) is 0 Å². The molecule has 1 aromatic rings. The fourth-order valence-electron chi connectivity index (χ4n) is 2.55. The molecule has 0 bridgehead atoms. The molecule has 0 aromatic heterocycles. The van der Waals surface area contributed by atoms with Crippen molar-refractivity contribution in [3.05, 3.63) is 64.8 Å². The first kappa shape index (κ1) is 21.0. The lowest BCUT2D eigenvalue weighted by molar-refractivity contribution is -0.130. The van der Waals surface area contributed by atoms with E-state index in [1.807, 2.05) is 50.3 Å². The van der Waals surface area contributed by atoms with E-state index < -0.39 is 5.97 Å². The standard InChI is InChI=1S/C23H32O2/c1-9-10-11-12-16(2)20(21(24)25)17-13-18(22(3,4)5)15-19(14-17)23(6,7)8/h9-15H,1-8H3,(H,24,25). The van der Waals surface area contributed by atoms with E-state index in [0.29, 0.717) is 5.57 Å². The lowest BCUT2D eigenvalue weighted by Gasteiger charge is -2.26. The first-order valence-corrected chi connectivity index (χ1v) is 8.78. The lowest BCUT2D eigenvalue weighted by Crippen LogP contribution is -2.17. The third-order valence-corrected chi connectivity index (χ3v) is 4.21. The van der Waals surface area contributed by atoms with Crippen LogP contribution in [0.1, 0.15) is 72.1 Å². The Labute approximate surface area is 153 Å². The van der Waals surface area contributed by atoms with Crippen LogP contribution in [-0.2, 0) is 15.6 Å². The Morgan fingerprint density at radius 2 is 1.40 bits per heavy atom. The van der Waals surface area contributed by atoms with E-state index in [0.717, 1.165) is 22.3 Å². The molecule has 0 atom stereocenters. The molecule has 2 heteroatoms. The molecule has 0 aliphatic heterocycles. The van der Waals surface area contributed by atoms with Crippen molar-refractivity contribution in [2.75, 3.05) is 0 Å². The Kier molecular flexibility index (Phi) is 6.59. The van der Waals surface area contributed by atoms with Crippen molar-refractivity contribution in [2.24, 2.45) is 0 Å². The second-order valence-corrected chi connectivity index (χ2v) is 8.55. The third-order valence-electron chi connectivity index (χ3n) is 4.21. The summed E-state index contributed by atoms with van der Waals surface area (Å²) >= 11 is 0. The van der Waals surface area contributed by atoms with Crippen LogP contribution in [0.5, 0.6) is 0 Å². The van der Waals surface area contributed by atoms with Gasteiger partial charge >= 0.3 is 5.97 Å². The van der Waals surface area contributed by atoms with Gasteiger partial charge in [-0.25, -0.2) is 4.79 Å². The van der Waals surface area contributed by atoms with Crippen molar-refractivity contribution in [2.45, 2.75) is 66.2 Å². The van der Waals surface area contributed by atoms with E-state index in [1.54, 1.807) is 0 Å². The van der Waals surface area contributed by atoms with E-state index in [2.05, 4.69) is 47.6 Å². The van der Waals surface area contributed by atoms with E-state index in [1.165, 1.54) is 0 Å². The Morgan fingerprint density at radius 1 is 0.920 bits per heavy atom. The van der Waals surface area contributed by atoms with Crippen molar-refractivity contribution in [3.8, 4) is 0 Å². The molecule has 0 aliphatic carbocycles. The Morgan fingerprint density at radius 3 is 1.76 bits per heavy atom. The van der Waals surface area contributed by atoms with Crippen LogP contribution < -0.4 is 0 Å². The van der Waals surface area contributed by atoms with Crippen molar-refractivity contribution < 1.29 is 9.90 Å². The highest BCUT2D eigenvalue weighted by Gasteiger charge is 2.23. The second kappa shape index (κ2) is 7.86. The zero-order valence-electron chi connectivity index (χ0n) is 16.9. The number of carboxylic acid groups (broad SMARTS) is 1. The molecule has 0 aliphatic rings. The fourth-order valence-corrected chi connectivity index (χ4v) is 2.55. The number of benzene rings is 1. The normalized spacial score (nSPS) is 14.2. The topological polar surface area (TPSA) is 37.3 Å². The average molecular weight is 341 g/mol. The zero-order chi connectivity index (χ0) is 19.4. The molecule has 0 saturated heterocycles. The molecule has 0 heterocycles. The van der Waals surface area contributed by atoms with Gasteiger partial charge in [0.1, 0.15) is 0 Å². The fraction of sp³-hybridized carbons (Fsp3) is 0.435. The summed E-state index contributed by atoms with van der Waals surface area (Å²) in [4.78, 5) is 12.0. The van der Waals surface area contributed by atoms with E-state index in [-0.39, 0.29) is 10.8 Å². The smallest absolute Gasteiger partial charge is 0.336 e. The van der Waals surface area contributed by atoms with Crippen LogP contribution in [0.15, 0.2) is 48.1 Å². The highest BCUT2D eigenvalue weighted by Crippen LogP contribution is 2.33. The van der Waals surface area contributed by atoms with Crippen molar-refractivity contribution in [1.82, 2.24) is 0 Å². The van der Waals surface area contributed by atoms with Gasteiger partial charge in [-0.15, -0.1) is 0 Å². The van der Waals surface area contributed by atoms with Crippen LogP contribution in [0.3, 0.4) is 0 Å². The van der Waals surface area contributed by atoms with Gasteiger partial charge in [-0.2, -0.15) is 0 Å². The summed E-state index contributed by atoms with van der Waals surface area (Å²) in [5.41, 5.74) is 4.09. The monoisotopic (exact) mass is 340 g/mol. The molecule has 136 valence electrons. The van der Waals surface area contributed by atoms with Gasteiger partial charge in [0.25, 0.3) is 0 Å². The van der Waals surface area contributed by atoms with Crippen molar-refractivity contribution in [3.63, 3.8) is 0 Å². The summed E-state index contributed by atoms with van der Waals surface area (Å²) < 4.78 is 0. The van der Waals surface area contributed by atoms with Gasteiger partial charge < -0.3 is 5.11 Å². The van der Waals surface area contributed by atoms with Gasteiger partial charge in [-0.05, 0) is 46.9 Å². The Bertz CT molecular complexity index is 685. The minimum atomic E-state index is -0.895. The summed E-state index contributed by atoms with van der Waals surface area (Å²) in [6.07, 6.45) is 7.54. The number of aliphatic carboxylic acids is 1. The number of rotatable bonds is 4. The molecule has 0 saturated carbocycles. The average Bonchev–Trinajstić information content (AvgIpc) is 2.45. The number of hydrogen-bond acceptors (Lipinski definition) is 1. The predicted molar refractivity (Wildman–Crippen MR) is 108 cm³/mol. The minimum absolute atomic E-state index is 0.0473. The van der Waals surface area contributed by atoms with Crippen LogP contribution in [0, 0.1) is 0 Å². The lowest BCUT2D eigenvalue weighted by atomic mass is 9.78. The second-order valence-electron chi connectivity index (χ2n) is 8.55. The molecule has 1 aromatic carbocycles. The maximum atomic E-state index is 12.0. The molecular formula is C23H32O2. The van der Waals surface area contributed by atoms with Crippen LogP contribution in [0.2, 0.25) is 0 Å². The maximum absolute atomic E-state index is 12.0. The molecule has 25 heavy (non-hydrogen) atoms. The van der Waals surface area contributed by atoms with Crippen LogP contribution in [0.25, 0.3) is 5.57 Å². The number of carboxylic acids is 1. The SMILES string of the molecule is CC=CC=CC(C)=C(C(=O)O)c1cc(C(C)(C)C)cc(C(C)(C)C)c1. The molecule has 0 spiro atoms.